The van der Waals surface area contributed by atoms with Crippen LogP contribution in [0.5, 0.6) is 0 Å². The van der Waals surface area contributed by atoms with Gasteiger partial charge in [0.15, 0.2) is 0 Å². The molecule has 1 aliphatic rings. The number of rotatable bonds is 3. The zero-order chi connectivity index (χ0) is 13.3. The van der Waals surface area contributed by atoms with Crippen molar-refractivity contribution in [3.8, 4) is 0 Å². The van der Waals surface area contributed by atoms with E-state index < -0.39 is 17.9 Å². The van der Waals surface area contributed by atoms with Gasteiger partial charge >= 0.3 is 6.09 Å². The summed E-state index contributed by atoms with van der Waals surface area (Å²) < 4.78 is 5.46. The van der Waals surface area contributed by atoms with Crippen LogP contribution in [0.15, 0.2) is 11.6 Å². The molecule has 0 bridgehead atoms. The molecular formula is C11H16N2O4S. The van der Waals surface area contributed by atoms with E-state index in [1.807, 2.05) is 0 Å². The molecule has 1 aromatic heterocycles. The second-order valence-electron chi connectivity index (χ2n) is 4.69. The van der Waals surface area contributed by atoms with Crippen molar-refractivity contribution >= 4 is 17.4 Å². The molecule has 0 unspecified atom stereocenters. The van der Waals surface area contributed by atoms with Crippen LogP contribution in [0, 0.1) is 0 Å². The van der Waals surface area contributed by atoms with Crippen LogP contribution in [0.25, 0.3) is 0 Å². The number of carboxylic acid groups (broad SMARTS) is 1. The molecule has 0 radical (unpaired) electrons. The van der Waals surface area contributed by atoms with Gasteiger partial charge in [-0.3, -0.25) is 4.90 Å². The fourth-order valence-electron chi connectivity index (χ4n) is 2.20. The maximum Gasteiger partial charge on any atom is 0.409 e. The molecule has 1 fully saturated rings. The van der Waals surface area contributed by atoms with Crippen LogP contribution in [0.2, 0.25) is 0 Å². The summed E-state index contributed by atoms with van der Waals surface area (Å²) in [5, 5.41) is 21.6. The Morgan fingerprint density at radius 3 is 3.06 bits per heavy atom. The first-order valence-electron chi connectivity index (χ1n) is 5.65. The van der Waals surface area contributed by atoms with Crippen LogP contribution in [-0.2, 0) is 4.74 Å². The van der Waals surface area contributed by atoms with Gasteiger partial charge in [-0.15, -0.1) is 11.3 Å². The molecule has 1 saturated heterocycles. The minimum Gasteiger partial charge on any atom is -0.465 e. The van der Waals surface area contributed by atoms with Gasteiger partial charge in [-0.2, -0.15) is 0 Å². The number of aliphatic hydroxyl groups is 1. The minimum absolute atomic E-state index is 0.293. The molecule has 2 N–H and O–H groups in total. The molecule has 1 amide bonds. The molecule has 0 aromatic carbocycles. The van der Waals surface area contributed by atoms with Crippen LogP contribution in [0.1, 0.15) is 31.4 Å². The van der Waals surface area contributed by atoms with Gasteiger partial charge in [0.1, 0.15) is 16.8 Å². The summed E-state index contributed by atoms with van der Waals surface area (Å²) in [4.78, 5) is 16.5. The SMILES string of the molecule is CC1(C)OC[C@H](C[C@H](O)c2nccs2)N1C(=O)O. The third kappa shape index (κ3) is 2.47. The first-order chi connectivity index (χ1) is 8.42. The normalized spacial score (nSPS) is 24.2. The molecule has 0 saturated carbocycles. The number of hydrogen-bond acceptors (Lipinski definition) is 5. The zero-order valence-corrected chi connectivity index (χ0v) is 11.1. The average molecular weight is 272 g/mol. The predicted octanol–water partition coefficient (Wildman–Crippen LogP) is 1.68. The van der Waals surface area contributed by atoms with Gasteiger partial charge in [0, 0.05) is 18.0 Å². The Labute approximate surface area is 109 Å². The van der Waals surface area contributed by atoms with Crippen LogP contribution in [-0.4, -0.2) is 44.6 Å². The monoisotopic (exact) mass is 272 g/mol. The van der Waals surface area contributed by atoms with Gasteiger partial charge < -0.3 is 14.9 Å². The highest BCUT2D eigenvalue weighted by Gasteiger charge is 2.44. The van der Waals surface area contributed by atoms with Gasteiger partial charge in [-0.25, -0.2) is 9.78 Å². The lowest BCUT2D eigenvalue weighted by Crippen LogP contribution is -2.47. The molecule has 1 aromatic rings. The summed E-state index contributed by atoms with van der Waals surface area (Å²) >= 11 is 1.36. The molecule has 100 valence electrons. The number of nitrogens with zero attached hydrogens (tertiary/aromatic N) is 2. The third-order valence-corrected chi connectivity index (χ3v) is 3.89. The molecule has 1 aliphatic heterocycles. The highest BCUT2D eigenvalue weighted by Crippen LogP contribution is 2.32. The molecule has 2 heterocycles. The van der Waals surface area contributed by atoms with E-state index in [4.69, 9.17) is 4.74 Å². The van der Waals surface area contributed by atoms with E-state index in [-0.39, 0.29) is 6.04 Å². The second-order valence-corrected chi connectivity index (χ2v) is 5.61. The van der Waals surface area contributed by atoms with Gasteiger partial charge in [-0.05, 0) is 13.8 Å². The maximum absolute atomic E-state index is 11.2. The van der Waals surface area contributed by atoms with Gasteiger partial charge in [0.05, 0.1) is 12.6 Å². The molecule has 2 rings (SSSR count). The number of ether oxygens (including phenoxy) is 1. The van der Waals surface area contributed by atoms with Crippen molar-refractivity contribution in [2.24, 2.45) is 0 Å². The van der Waals surface area contributed by atoms with E-state index in [1.54, 1.807) is 25.4 Å². The topological polar surface area (TPSA) is 82.9 Å². The zero-order valence-electron chi connectivity index (χ0n) is 10.2. The largest absolute Gasteiger partial charge is 0.465 e. The summed E-state index contributed by atoms with van der Waals surface area (Å²) in [5.74, 6) is 0. The van der Waals surface area contributed by atoms with Gasteiger partial charge in [-0.1, -0.05) is 0 Å². The summed E-state index contributed by atoms with van der Waals surface area (Å²) in [6, 6.07) is -0.351. The van der Waals surface area contributed by atoms with Crippen molar-refractivity contribution in [2.45, 2.75) is 38.1 Å². The number of hydrogen-bond donors (Lipinski definition) is 2. The molecule has 18 heavy (non-hydrogen) atoms. The Bertz CT molecular complexity index is 421. The van der Waals surface area contributed by atoms with Crippen LogP contribution < -0.4 is 0 Å². The van der Waals surface area contributed by atoms with Crippen molar-refractivity contribution < 1.29 is 19.7 Å². The molecule has 0 aliphatic carbocycles. The summed E-state index contributed by atoms with van der Waals surface area (Å²) in [6.07, 6.45) is 0.124. The maximum atomic E-state index is 11.2. The third-order valence-electron chi connectivity index (χ3n) is 3.01. The number of carbonyl (C=O) groups is 1. The van der Waals surface area contributed by atoms with E-state index >= 15 is 0 Å². The van der Waals surface area contributed by atoms with Gasteiger partial charge in [0.25, 0.3) is 0 Å². The summed E-state index contributed by atoms with van der Waals surface area (Å²) in [6.45, 7) is 3.70. The fraction of sp³-hybridized carbons (Fsp3) is 0.636. The number of aliphatic hydroxyl groups excluding tert-OH is 1. The Kier molecular flexibility index (Phi) is 3.56. The van der Waals surface area contributed by atoms with E-state index in [1.165, 1.54) is 16.2 Å². The van der Waals surface area contributed by atoms with E-state index in [0.29, 0.717) is 18.0 Å². The first-order valence-corrected chi connectivity index (χ1v) is 6.53. The van der Waals surface area contributed by atoms with Crippen molar-refractivity contribution in [2.75, 3.05) is 6.61 Å². The molecule has 0 spiro atoms. The van der Waals surface area contributed by atoms with E-state index in [9.17, 15) is 15.0 Å². The van der Waals surface area contributed by atoms with Crippen LogP contribution in [0.3, 0.4) is 0 Å². The summed E-state index contributed by atoms with van der Waals surface area (Å²) in [7, 11) is 0. The number of amides is 1. The lowest BCUT2D eigenvalue weighted by Gasteiger charge is -2.31. The Balaban J connectivity index is 2.07. The molecule has 2 atom stereocenters. The van der Waals surface area contributed by atoms with E-state index in [2.05, 4.69) is 4.98 Å². The van der Waals surface area contributed by atoms with E-state index in [0.717, 1.165) is 0 Å². The standard InChI is InChI=1S/C11H16N2O4S/c1-11(2)13(10(15)16)7(6-17-11)5-8(14)9-12-3-4-18-9/h3-4,7-8,14H,5-6H2,1-2H3,(H,15,16)/t7-,8-/m0/s1. The lowest BCUT2D eigenvalue weighted by molar-refractivity contribution is -0.0430. The molecule has 7 heteroatoms. The quantitative estimate of drug-likeness (QED) is 0.874. The highest BCUT2D eigenvalue weighted by molar-refractivity contribution is 7.09. The Hall–Kier alpha value is -1.18. The summed E-state index contributed by atoms with van der Waals surface area (Å²) in [5.41, 5.74) is -0.848. The first kappa shape index (κ1) is 13.3. The Morgan fingerprint density at radius 1 is 1.78 bits per heavy atom. The Morgan fingerprint density at radius 2 is 2.50 bits per heavy atom. The van der Waals surface area contributed by atoms with Crippen LogP contribution in [0.4, 0.5) is 4.79 Å². The van der Waals surface area contributed by atoms with Crippen molar-refractivity contribution in [3.05, 3.63) is 16.6 Å². The fourth-order valence-corrected chi connectivity index (χ4v) is 2.84. The van der Waals surface area contributed by atoms with Crippen molar-refractivity contribution in [1.82, 2.24) is 9.88 Å². The second kappa shape index (κ2) is 4.83. The predicted molar refractivity (Wildman–Crippen MR) is 65.4 cm³/mol. The highest BCUT2D eigenvalue weighted by atomic mass is 32.1. The smallest absolute Gasteiger partial charge is 0.409 e. The van der Waals surface area contributed by atoms with Crippen LogP contribution >= 0.6 is 11.3 Å². The average Bonchev–Trinajstić information content (AvgIpc) is 2.85. The number of aromatic nitrogens is 1. The molecule has 6 nitrogen and oxygen atoms in total. The lowest BCUT2D eigenvalue weighted by atomic mass is 10.1. The minimum atomic E-state index is -1.03. The van der Waals surface area contributed by atoms with Crippen molar-refractivity contribution in [3.63, 3.8) is 0 Å². The number of thiazole rings is 1. The molecular weight excluding hydrogens is 256 g/mol. The van der Waals surface area contributed by atoms with Gasteiger partial charge in [0.2, 0.25) is 0 Å². The van der Waals surface area contributed by atoms with Crippen molar-refractivity contribution in [1.29, 1.82) is 0 Å².